The maximum atomic E-state index is 11.7. The first-order valence-electron chi connectivity index (χ1n) is 6.41. The van der Waals surface area contributed by atoms with Crippen LogP contribution in [0.3, 0.4) is 0 Å². The van der Waals surface area contributed by atoms with Crippen molar-refractivity contribution in [1.29, 1.82) is 0 Å². The number of benzene rings is 1. The highest BCUT2D eigenvalue weighted by Gasteiger charge is 2.22. The predicted molar refractivity (Wildman–Crippen MR) is 74.3 cm³/mol. The lowest BCUT2D eigenvalue weighted by Gasteiger charge is -2.08. The number of nitrogens with zero attached hydrogens (tertiary/aromatic N) is 1. The molecule has 0 aromatic heterocycles. The Labute approximate surface area is 117 Å². The average Bonchev–Trinajstić information content (AvgIpc) is 3.01. The summed E-state index contributed by atoms with van der Waals surface area (Å²) < 4.78 is 15.6. The molecule has 108 valence electrons. The van der Waals surface area contributed by atoms with Crippen LogP contribution < -0.4 is 14.9 Å². The molecule has 0 radical (unpaired) electrons. The number of hydrogen-bond donors (Lipinski definition) is 1. The molecule has 1 atom stereocenters. The third-order valence-corrected chi connectivity index (χ3v) is 3.04. The van der Waals surface area contributed by atoms with E-state index >= 15 is 0 Å². The van der Waals surface area contributed by atoms with Crippen LogP contribution in [0.4, 0.5) is 0 Å². The van der Waals surface area contributed by atoms with E-state index in [1.165, 1.54) is 6.21 Å². The fourth-order valence-electron chi connectivity index (χ4n) is 1.95. The predicted octanol–water partition coefficient (Wildman–Crippen LogP) is 1.33. The zero-order chi connectivity index (χ0) is 14.4. The van der Waals surface area contributed by atoms with Crippen molar-refractivity contribution >= 4 is 12.1 Å². The number of carbonyl (C=O) groups excluding carboxylic acids is 1. The lowest BCUT2D eigenvalue weighted by molar-refractivity contribution is -0.130. The molecule has 1 aliphatic rings. The lowest BCUT2D eigenvalue weighted by atomic mass is 10.2. The molecule has 1 saturated heterocycles. The van der Waals surface area contributed by atoms with Gasteiger partial charge in [-0.15, -0.1) is 0 Å². The monoisotopic (exact) mass is 278 g/mol. The van der Waals surface area contributed by atoms with E-state index in [1.807, 2.05) is 0 Å². The summed E-state index contributed by atoms with van der Waals surface area (Å²) in [4.78, 5) is 11.7. The molecule has 1 heterocycles. The molecule has 1 aliphatic heterocycles. The maximum absolute atomic E-state index is 11.7. The minimum absolute atomic E-state index is 0.216. The fraction of sp³-hybridized carbons (Fsp3) is 0.429. The smallest absolute Gasteiger partial charge is 0.269 e. The molecule has 1 N–H and O–H groups in total. The molecule has 1 fully saturated rings. The van der Waals surface area contributed by atoms with E-state index < -0.39 is 0 Å². The van der Waals surface area contributed by atoms with Crippen LogP contribution >= 0.6 is 0 Å². The van der Waals surface area contributed by atoms with E-state index in [0.29, 0.717) is 18.1 Å². The zero-order valence-corrected chi connectivity index (χ0v) is 11.6. The first-order chi connectivity index (χ1) is 9.74. The summed E-state index contributed by atoms with van der Waals surface area (Å²) in [5.41, 5.74) is 3.22. The van der Waals surface area contributed by atoms with Gasteiger partial charge in [-0.05, 0) is 25.0 Å². The minimum Gasteiger partial charge on any atom is -0.497 e. The molecule has 0 aliphatic carbocycles. The Kier molecular flexibility index (Phi) is 4.95. The standard InChI is InChI=1S/C14H18N2O4/c1-18-11-6-5-10(13(8-11)19-2)9-15-16-14(17)12-4-3-7-20-12/h5-6,8-9,12H,3-4,7H2,1-2H3,(H,16,17)/b15-9+. The highest BCUT2D eigenvalue weighted by atomic mass is 16.5. The van der Waals surface area contributed by atoms with Crippen molar-refractivity contribution in [2.75, 3.05) is 20.8 Å². The van der Waals surface area contributed by atoms with Crippen LogP contribution in [0.5, 0.6) is 11.5 Å². The molecule has 1 unspecified atom stereocenters. The molecule has 0 saturated carbocycles. The number of methoxy groups -OCH3 is 2. The van der Waals surface area contributed by atoms with Gasteiger partial charge in [0.25, 0.3) is 5.91 Å². The van der Waals surface area contributed by atoms with Crippen molar-refractivity contribution in [3.63, 3.8) is 0 Å². The van der Waals surface area contributed by atoms with Gasteiger partial charge >= 0.3 is 0 Å². The number of amides is 1. The van der Waals surface area contributed by atoms with Crippen LogP contribution in [0.15, 0.2) is 23.3 Å². The number of nitrogens with one attached hydrogen (secondary N) is 1. The molecule has 1 aromatic rings. The molecule has 1 aromatic carbocycles. The van der Waals surface area contributed by atoms with Gasteiger partial charge in [-0.25, -0.2) is 5.43 Å². The Morgan fingerprint density at radius 1 is 1.45 bits per heavy atom. The van der Waals surface area contributed by atoms with Gasteiger partial charge in [-0.3, -0.25) is 4.79 Å². The van der Waals surface area contributed by atoms with Crippen molar-refractivity contribution in [2.45, 2.75) is 18.9 Å². The maximum Gasteiger partial charge on any atom is 0.269 e. The third kappa shape index (κ3) is 3.48. The first kappa shape index (κ1) is 14.3. The summed E-state index contributed by atoms with van der Waals surface area (Å²) in [6, 6.07) is 5.36. The van der Waals surface area contributed by atoms with Gasteiger partial charge in [0.15, 0.2) is 0 Å². The second kappa shape index (κ2) is 6.91. The Balaban J connectivity index is 1.98. The van der Waals surface area contributed by atoms with Crippen LogP contribution in [0.25, 0.3) is 0 Å². The van der Waals surface area contributed by atoms with E-state index in [1.54, 1.807) is 32.4 Å². The van der Waals surface area contributed by atoms with Crippen molar-refractivity contribution in [3.8, 4) is 11.5 Å². The highest BCUT2D eigenvalue weighted by molar-refractivity contribution is 5.86. The summed E-state index contributed by atoms with van der Waals surface area (Å²) in [7, 11) is 3.15. The molecule has 0 spiro atoms. The molecule has 20 heavy (non-hydrogen) atoms. The summed E-state index contributed by atoms with van der Waals surface area (Å²) in [5.74, 6) is 1.10. The Bertz CT molecular complexity index is 496. The Morgan fingerprint density at radius 3 is 2.95 bits per heavy atom. The summed E-state index contributed by atoms with van der Waals surface area (Å²) >= 11 is 0. The van der Waals surface area contributed by atoms with Gasteiger partial charge in [0.05, 0.1) is 20.4 Å². The first-order valence-corrected chi connectivity index (χ1v) is 6.41. The van der Waals surface area contributed by atoms with Crippen LogP contribution in [0.2, 0.25) is 0 Å². The van der Waals surface area contributed by atoms with E-state index in [-0.39, 0.29) is 12.0 Å². The molecule has 6 heteroatoms. The van der Waals surface area contributed by atoms with E-state index in [2.05, 4.69) is 10.5 Å². The van der Waals surface area contributed by atoms with Crippen LogP contribution in [-0.2, 0) is 9.53 Å². The summed E-state index contributed by atoms with van der Waals surface area (Å²) in [6.45, 7) is 0.633. The highest BCUT2D eigenvalue weighted by Crippen LogP contribution is 2.23. The van der Waals surface area contributed by atoms with Crippen LogP contribution in [0, 0.1) is 0 Å². The van der Waals surface area contributed by atoms with Gasteiger partial charge in [0.1, 0.15) is 17.6 Å². The fourth-order valence-corrected chi connectivity index (χ4v) is 1.95. The molecule has 1 amide bonds. The number of carbonyl (C=O) groups is 1. The van der Waals surface area contributed by atoms with Crippen LogP contribution in [-0.4, -0.2) is 39.1 Å². The Morgan fingerprint density at radius 2 is 2.30 bits per heavy atom. The number of ether oxygens (including phenoxy) is 3. The average molecular weight is 278 g/mol. The van der Waals surface area contributed by atoms with Crippen molar-refractivity contribution < 1.29 is 19.0 Å². The van der Waals surface area contributed by atoms with Gasteiger partial charge in [-0.1, -0.05) is 0 Å². The van der Waals surface area contributed by atoms with Crippen molar-refractivity contribution in [1.82, 2.24) is 5.43 Å². The van der Waals surface area contributed by atoms with Gasteiger partial charge < -0.3 is 14.2 Å². The summed E-state index contributed by atoms with van der Waals surface area (Å²) in [5, 5.41) is 3.92. The topological polar surface area (TPSA) is 69.2 Å². The second-order valence-electron chi connectivity index (χ2n) is 4.34. The quantitative estimate of drug-likeness (QED) is 0.651. The van der Waals surface area contributed by atoms with E-state index in [0.717, 1.165) is 18.4 Å². The zero-order valence-electron chi connectivity index (χ0n) is 11.6. The normalized spacial score (nSPS) is 18.2. The minimum atomic E-state index is -0.384. The largest absolute Gasteiger partial charge is 0.497 e. The van der Waals surface area contributed by atoms with Gasteiger partial charge in [0.2, 0.25) is 0 Å². The second-order valence-corrected chi connectivity index (χ2v) is 4.34. The third-order valence-electron chi connectivity index (χ3n) is 3.04. The van der Waals surface area contributed by atoms with E-state index in [9.17, 15) is 4.79 Å². The molecular weight excluding hydrogens is 260 g/mol. The lowest BCUT2D eigenvalue weighted by Crippen LogP contribution is -2.30. The van der Waals surface area contributed by atoms with E-state index in [4.69, 9.17) is 14.2 Å². The van der Waals surface area contributed by atoms with Crippen molar-refractivity contribution in [3.05, 3.63) is 23.8 Å². The summed E-state index contributed by atoms with van der Waals surface area (Å²) in [6.07, 6.45) is 2.80. The van der Waals surface area contributed by atoms with Gasteiger partial charge in [-0.2, -0.15) is 5.10 Å². The van der Waals surface area contributed by atoms with Gasteiger partial charge in [0, 0.05) is 18.2 Å². The number of hydrazone groups is 1. The molecule has 6 nitrogen and oxygen atoms in total. The SMILES string of the molecule is COc1ccc(/C=N/NC(=O)C2CCCO2)c(OC)c1. The van der Waals surface area contributed by atoms with Crippen LogP contribution in [0.1, 0.15) is 18.4 Å². The van der Waals surface area contributed by atoms with Crippen molar-refractivity contribution in [2.24, 2.45) is 5.10 Å². The number of rotatable bonds is 5. The Hall–Kier alpha value is -2.08. The molecular formula is C14H18N2O4. The molecule has 0 bridgehead atoms. The molecule has 2 rings (SSSR count). The number of hydrogen-bond acceptors (Lipinski definition) is 5.